The van der Waals surface area contributed by atoms with E-state index in [1.54, 1.807) is 11.7 Å². The van der Waals surface area contributed by atoms with E-state index in [2.05, 4.69) is 30.9 Å². The molecule has 13 heavy (non-hydrogen) atoms. The lowest BCUT2D eigenvalue weighted by Crippen LogP contribution is -2.04. The van der Waals surface area contributed by atoms with Crippen LogP contribution in [-0.2, 0) is 9.63 Å². The van der Waals surface area contributed by atoms with Gasteiger partial charge in [0.25, 0.3) is 6.29 Å². The van der Waals surface area contributed by atoms with Crippen molar-refractivity contribution >= 4 is 44.4 Å². The number of hydrogen-bond donors (Lipinski definition) is 1. The summed E-state index contributed by atoms with van der Waals surface area (Å²) in [4.78, 5) is 18.9. The van der Waals surface area contributed by atoms with E-state index in [9.17, 15) is 4.79 Å². The number of hydrogen-bond acceptors (Lipinski definition) is 6. The molecular formula is C6H5BrN3O2S. The van der Waals surface area contributed by atoms with Crippen molar-refractivity contribution in [3.8, 4) is 0 Å². The Kier molecular flexibility index (Phi) is 3.84. The van der Waals surface area contributed by atoms with Crippen LogP contribution in [0.15, 0.2) is 10.5 Å². The Balaban J connectivity index is 2.84. The van der Waals surface area contributed by atoms with Crippen molar-refractivity contribution in [2.75, 3.05) is 11.2 Å². The number of nitrogen functional groups attached to an aromatic ring is 1. The fraction of sp³-hybridized carbons (Fsp3) is 0.167. The number of oxime groups is 1. The Hall–Kier alpha value is -0.950. The van der Waals surface area contributed by atoms with Gasteiger partial charge in [-0.25, -0.2) is 4.98 Å². The predicted molar refractivity (Wildman–Crippen MR) is 53.6 cm³/mol. The van der Waals surface area contributed by atoms with Crippen molar-refractivity contribution in [1.29, 1.82) is 0 Å². The Bertz CT molecular complexity index is 325. The van der Waals surface area contributed by atoms with Crippen LogP contribution >= 0.6 is 27.3 Å². The zero-order valence-corrected chi connectivity index (χ0v) is 8.76. The lowest BCUT2D eigenvalue weighted by Gasteiger charge is -1.92. The fourth-order valence-corrected chi connectivity index (χ4v) is 1.25. The van der Waals surface area contributed by atoms with Crippen LogP contribution in [0.4, 0.5) is 5.13 Å². The molecule has 0 bridgehead atoms. The monoisotopic (exact) mass is 262 g/mol. The number of rotatable bonds is 4. The molecular weight excluding hydrogens is 258 g/mol. The van der Waals surface area contributed by atoms with Crippen LogP contribution in [0.5, 0.6) is 0 Å². The first-order valence-electron chi connectivity index (χ1n) is 3.13. The smallest absolute Gasteiger partial charge is 0.259 e. The van der Waals surface area contributed by atoms with Crippen LogP contribution in [0.25, 0.3) is 0 Å². The van der Waals surface area contributed by atoms with Crippen LogP contribution in [0.2, 0.25) is 0 Å². The lowest BCUT2D eigenvalue weighted by atomic mass is 10.3. The van der Waals surface area contributed by atoms with Gasteiger partial charge in [0.05, 0.1) is 0 Å². The summed E-state index contributed by atoms with van der Waals surface area (Å²) in [6.45, 7) is 0. The van der Waals surface area contributed by atoms with Gasteiger partial charge in [0, 0.05) is 5.38 Å². The number of alkyl halides is 1. The first-order chi connectivity index (χ1) is 6.27. The third-order valence-corrected chi connectivity index (χ3v) is 1.94. The SMILES string of the molecule is Nc1nc(/C([C]=O)=N/OCBr)cs1. The van der Waals surface area contributed by atoms with E-state index >= 15 is 0 Å². The molecule has 1 aromatic heterocycles. The van der Waals surface area contributed by atoms with Crippen molar-refractivity contribution in [2.45, 2.75) is 0 Å². The second kappa shape index (κ2) is 4.93. The topological polar surface area (TPSA) is 77.6 Å². The highest BCUT2D eigenvalue weighted by atomic mass is 79.9. The molecule has 0 saturated carbocycles. The molecule has 7 heteroatoms. The van der Waals surface area contributed by atoms with Crippen LogP contribution in [0.1, 0.15) is 5.69 Å². The van der Waals surface area contributed by atoms with Crippen LogP contribution < -0.4 is 5.73 Å². The van der Waals surface area contributed by atoms with Crippen LogP contribution in [-0.4, -0.2) is 22.5 Å². The zero-order valence-electron chi connectivity index (χ0n) is 6.36. The van der Waals surface area contributed by atoms with Crippen LogP contribution in [0, 0.1) is 0 Å². The summed E-state index contributed by atoms with van der Waals surface area (Å²) in [5, 5.41) is 5.46. The third kappa shape index (κ3) is 2.78. The lowest BCUT2D eigenvalue weighted by molar-refractivity contribution is 0.201. The maximum Gasteiger partial charge on any atom is 0.259 e. The summed E-state index contributed by atoms with van der Waals surface area (Å²) in [6.07, 6.45) is 1.61. The molecule has 0 saturated heterocycles. The standard InChI is InChI=1S/C6H5BrN3O2S/c7-3-12-10-4(1-11)5-2-13-6(8)9-5/h2H,3H2,(H2,8,9)/b10-4+. The molecule has 0 aliphatic heterocycles. The van der Waals surface area contributed by atoms with Crippen molar-refractivity contribution in [3.05, 3.63) is 11.1 Å². The summed E-state index contributed by atoms with van der Waals surface area (Å²) in [5.74, 6) is 0. The molecule has 0 amide bonds. The van der Waals surface area contributed by atoms with Crippen molar-refractivity contribution < 1.29 is 9.63 Å². The number of nitrogens with two attached hydrogens (primary N) is 1. The molecule has 0 aliphatic rings. The van der Waals surface area contributed by atoms with Gasteiger partial charge in [0.2, 0.25) is 0 Å². The average Bonchev–Trinajstić information content (AvgIpc) is 2.54. The number of carbonyl (C=O) groups excluding carboxylic acids is 1. The van der Waals surface area contributed by atoms with Gasteiger partial charge in [-0.05, 0) is 15.9 Å². The van der Waals surface area contributed by atoms with E-state index in [-0.39, 0.29) is 11.2 Å². The molecule has 1 heterocycles. The van der Waals surface area contributed by atoms with Gasteiger partial charge in [-0.3, -0.25) is 4.79 Å². The number of halogens is 1. The predicted octanol–water partition coefficient (Wildman–Crippen LogP) is 0.908. The van der Waals surface area contributed by atoms with Gasteiger partial charge < -0.3 is 10.6 Å². The van der Waals surface area contributed by atoms with Crippen LogP contribution in [0.3, 0.4) is 0 Å². The summed E-state index contributed by atoms with van der Waals surface area (Å²) >= 11 is 4.20. The average molecular weight is 263 g/mol. The summed E-state index contributed by atoms with van der Waals surface area (Å²) in [7, 11) is 0. The number of nitrogens with zero attached hydrogens (tertiary/aromatic N) is 2. The maximum atomic E-state index is 10.4. The van der Waals surface area contributed by atoms with Crippen molar-refractivity contribution in [3.63, 3.8) is 0 Å². The minimum atomic E-state index is 0.00685. The Morgan fingerprint density at radius 2 is 2.69 bits per heavy atom. The second-order valence-corrected chi connectivity index (χ2v) is 3.20. The van der Waals surface area contributed by atoms with Gasteiger partial charge >= 0.3 is 0 Å². The first kappa shape index (κ1) is 10.1. The van der Waals surface area contributed by atoms with Gasteiger partial charge in [0.1, 0.15) is 5.69 Å². The minimum absolute atomic E-state index is 0.00685. The van der Waals surface area contributed by atoms with Crippen molar-refractivity contribution in [1.82, 2.24) is 4.98 Å². The fourth-order valence-electron chi connectivity index (χ4n) is 0.603. The molecule has 0 aromatic carbocycles. The van der Waals surface area contributed by atoms with E-state index in [4.69, 9.17) is 5.73 Å². The highest BCUT2D eigenvalue weighted by molar-refractivity contribution is 9.09. The largest absolute Gasteiger partial charge is 0.383 e. The Labute approximate surface area is 86.7 Å². The molecule has 69 valence electrons. The third-order valence-electron chi connectivity index (χ3n) is 1.07. The minimum Gasteiger partial charge on any atom is -0.383 e. The number of thiazole rings is 1. The number of aromatic nitrogens is 1. The van der Waals surface area contributed by atoms with E-state index in [1.807, 2.05) is 0 Å². The molecule has 0 aliphatic carbocycles. The molecule has 1 radical (unpaired) electrons. The summed E-state index contributed by atoms with van der Waals surface area (Å²) in [5.41, 5.74) is 5.96. The molecule has 5 nitrogen and oxygen atoms in total. The van der Waals surface area contributed by atoms with Crippen molar-refractivity contribution in [2.24, 2.45) is 5.16 Å². The molecule has 0 fully saturated rings. The Morgan fingerprint density at radius 3 is 3.15 bits per heavy atom. The van der Waals surface area contributed by atoms with Gasteiger partial charge in [-0.2, -0.15) is 0 Å². The molecule has 1 aromatic rings. The van der Waals surface area contributed by atoms with E-state index in [0.29, 0.717) is 10.8 Å². The molecule has 0 spiro atoms. The van der Waals surface area contributed by atoms with Gasteiger partial charge in [0.15, 0.2) is 16.4 Å². The highest BCUT2D eigenvalue weighted by Gasteiger charge is 2.08. The summed E-state index contributed by atoms with van der Waals surface area (Å²) < 4.78 is 0. The van der Waals surface area contributed by atoms with E-state index in [1.165, 1.54) is 11.3 Å². The van der Waals surface area contributed by atoms with E-state index < -0.39 is 0 Å². The van der Waals surface area contributed by atoms with E-state index in [0.717, 1.165) is 0 Å². The quantitative estimate of drug-likeness (QED) is 0.497. The molecule has 2 N–H and O–H groups in total. The number of anilines is 1. The maximum absolute atomic E-state index is 10.4. The normalized spacial score (nSPS) is 11.3. The highest BCUT2D eigenvalue weighted by Crippen LogP contribution is 2.11. The Morgan fingerprint density at radius 1 is 1.92 bits per heavy atom. The van der Waals surface area contributed by atoms with Gasteiger partial charge in [-0.1, -0.05) is 5.16 Å². The second-order valence-electron chi connectivity index (χ2n) is 1.85. The molecule has 0 unspecified atom stereocenters. The summed E-state index contributed by atoms with van der Waals surface area (Å²) in [6, 6.07) is 0. The van der Waals surface area contributed by atoms with Gasteiger partial charge in [-0.15, -0.1) is 11.3 Å². The molecule has 1 rings (SSSR count). The zero-order chi connectivity index (χ0) is 9.68. The first-order valence-corrected chi connectivity index (χ1v) is 5.13. The molecule has 0 atom stereocenters.